The lowest BCUT2D eigenvalue weighted by atomic mass is 10.1. The fourth-order valence-electron chi connectivity index (χ4n) is 1.04. The minimum atomic E-state index is -0.400. The van der Waals surface area contributed by atoms with Crippen LogP contribution in [0, 0.1) is 12.8 Å². The van der Waals surface area contributed by atoms with E-state index < -0.39 is 5.63 Å². The molecular formula is C11H17NO3. The van der Waals surface area contributed by atoms with Gasteiger partial charge in [-0.05, 0) is 12.8 Å². The van der Waals surface area contributed by atoms with Gasteiger partial charge in [0.25, 0.3) is 0 Å². The Kier molecular flexibility index (Phi) is 3.91. The van der Waals surface area contributed by atoms with E-state index in [-0.39, 0.29) is 6.04 Å². The third-order valence-corrected chi connectivity index (χ3v) is 2.17. The van der Waals surface area contributed by atoms with Crippen molar-refractivity contribution in [2.75, 3.05) is 6.61 Å². The van der Waals surface area contributed by atoms with Crippen LogP contribution in [0.4, 0.5) is 0 Å². The zero-order chi connectivity index (χ0) is 11.4. The van der Waals surface area contributed by atoms with Crippen LogP contribution in [0.1, 0.15) is 19.6 Å². The Balaban J connectivity index is 2.61. The molecule has 0 fully saturated rings. The van der Waals surface area contributed by atoms with Gasteiger partial charge in [-0.25, -0.2) is 4.79 Å². The third-order valence-electron chi connectivity index (χ3n) is 2.17. The highest BCUT2D eigenvalue weighted by Crippen LogP contribution is 2.10. The molecule has 0 aliphatic heterocycles. The van der Waals surface area contributed by atoms with Crippen LogP contribution >= 0.6 is 0 Å². The molecule has 15 heavy (non-hydrogen) atoms. The zero-order valence-electron chi connectivity index (χ0n) is 9.32. The molecule has 0 aliphatic carbocycles. The summed E-state index contributed by atoms with van der Waals surface area (Å²) in [5.41, 5.74) is 5.41. The molecule has 0 aromatic carbocycles. The van der Waals surface area contributed by atoms with Gasteiger partial charge in [-0.2, -0.15) is 0 Å². The average Bonchev–Trinajstić information content (AvgIpc) is 2.12. The van der Waals surface area contributed by atoms with Gasteiger partial charge in [-0.3, -0.25) is 0 Å². The summed E-state index contributed by atoms with van der Waals surface area (Å²) in [6.07, 6.45) is 0. The molecule has 84 valence electrons. The molecule has 4 heteroatoms. The Hall–Kier alpha value is -1.29. The first-order chi connectivity index (χ1) is 6.99. The van der Waals surface area contributed by atoms with Gasteiger partial charge in [0.1, 0.15) is 18.1 Å². The zero-order valence-corrected chi connectivity index (χ0v) is 9.32. The van der Waals surface area contributed by atoms with Gasteiger partial charge in [-0.15, -0.1) is 0 Å². The van der Waals surface area contributed by atoms with E-state index in [0.29, 0.717) is 24.0 Å². The van der Waals surface area contributed by atoms with Crippen molar-refractivity contribution >= 4 is 0 Å². The quantitative estimate of drug-likeness (QED) is 0.815. The largest absolute Gasteiger partial charge is 0.492 e. The first kappa shape index (κ1) is 11.8. The van der Waals surface area contributed by atoms with E-state index in [4.69, 9.17) is 14.9 Å². The van der Waals surface area contributed by atoms with Crippen molar-refractivity contribution in [2.45, 2.75) is 26.8 Å². The number of hydrogen-bond acceptors (Lipinski definition) is 4. The number of hydrogen-bond donors (Lipinski definition) is 1. The second-order valence-electron chi connectivity index (χ2n) is 3.94. The van der Waals surface area contributed by atoms with Crippen LogP contribution in [-0.4, -0.2) is 12.6 Å². The summed E-state index contributed by atoms with van der Waals surface area (Å²) in [6.45, 7) is 6.16. The summed E-state index contributed by atoms with van der Waals surface area (Å²) < 4.78 is 10.2. The smallest absolute Gasteiger partial charge is 0.339 e. The first-order valence-corrected chi connectivity index (χ1v) is 4.99. The summed E-state index contributed by atoms with van der Waals surface area (Å²) in [6, 6.07) is 2.96. The van der Waals surface area contributed by atoms with E-state index in [1.807, 2.05) is 13.8 Å². The van der Waals surface area contributed by atoms with Gasteiger partial charge in [0.2, 0.25) is 0 Å². The third kappa shape index (κ3) is 3.75. The molecule has 0 aliphatic rings. The fraction of sp³-hybridized carbons (Fsp3) is 0.545. The molecule has 0 saturated carbocycles. The van der Waals surface area contributed by atoms with Gasteiger partial charge in [0, 0.05) is 12.1 Å². The first-order valence-electron chi connectivity index (χ1n) is 4.99. The number of ether oxygens (including phenoxy) is 1. The van der Waals surface area contributed by atoms with Crippen molar-refractivity contribution in [2.24, 2.45) is 11.7 Å². The molecule has 0 radical (unpaired) electrons. The predicted octanol–water partition coefficient (Wildman–Crippen LogP) is 1.31. The molecule has 0 bridgehead atoms. The van der Waals surface area contributed by atoms with Crippen molar-refractivity contribution < 1.29 is 9.15 Å². The molecule has 4 nitrogen and oxygen atoms in total. The Bertz CT molecular complexity index is 370. The fourth-order valence-corrected chi connectivity index (χ4v) is 1.04. The highest BCUT2D eigenvalue weighted by Gasteiger charge is 2.08. The van der Waals surface area contributed by atoms with Crippen LogP contribution < -0.4 is 16.1 Å². The van der Waals surface area contributed by atoms with Gasteiger partial charge < -0.3 is 14.9 Å². The maximum absolute atomic E-state index is 11.0. The highest BCUT2D eigenvalue weighted by atomic mass is 16.5. The van der Waals surface area contributed by atoms with Crippen LogP contribution in [0.5, 0.6) is 5.75 Å². The SMILES string of the molecule is Cc1cc(OCC(N)C(C)C)cc(=O)o1. The number of rotatable bonds is 4. The van der Waals surface area contributed by atoms with Crippen molar-refractivity contribution in [3.8, 4) is 5.75 Å². The molecule has 1 unspecified atom stereocenters. The van der Waals surface area contributed by atoms with Crippen molar-refractivity contribution in [3.05, 3.63) is 28.3 Å². The monoisotopic (exact) mass is 211 g/mol. The minimum absolute atomic E-state index is 0.0300. The van der Waals surface area contributed by atoms with E-state index in [0.717, 1.165) is 0 Å². The summed E-state index contributed by atoms with van der Waals surface area (Å²) in [7, 11) is 0. The number of nitrogens with two attached hydrogens (primary N) is 1. The highest BCUT2D eigenvalue weighted by molar-refractivity contribution is 5.19. The number of aryl methyl sites for hydroxylation is 1. The van der Waals surface area contributed by atoms with Crippen molar-refractivity contribution in [1.82, 2.24) is 0 Å². The lowest BCUT2D eigenvalue weighted by molar-refractivity contribution is 0.256. The van der Waals surface area contributed by atoms with Crippen LogP contribution in [0.3, 0.4) is 0 Å². The molecule has 1 aromatic rings. The van der Waals surface area contributed by atoms with Gasteiger partial charge >= 0.3 is 5.63 Å². The Morgan fingerprint density at radius 3 is 2.67 bits per heavy atom. The molecule has 1 rings (SSSR count). The molecule has 1 atom stereocenters. The van der Waals surface area contributed by atoms with E-state index in [2.05, 4.69) is 0 Å². The van der Waals surface area contributed by atoms with Gasteiger partial charge in [0.15, 0.2) is 0 Å². The topological polar surface area (TPSA) is 65.5 Å². The maximum Gasteiger partial charge on any atom is 0.339 e. The van der Waals surface area contributed by atoms with Crippen LogP contribution in [0.25, 0.3) is 0 Å². The van der Waals surface area contributed by atoms with Crippen LogP contribution in [0.15, 0.2) is 21.3 Å². The Morgan fingerprint density at radius 2 is 2.13 bits per heavy atom. The Morgan fingerprint density at radius 1 is 1.47 bits per heavy atom. The summed E-state index contributed by atoms with van der Waals surface area (Å²) in [5.74, 6) is 1.40. The molecule has 1 aromatic heterocycles. The second kappa shape index (κ2) is 4.98. The van der Waals surface area contributed by atoms with Crippen LogP contribution in [0.2, 0.25) is 0 Å². The molecule has 0 spiro atoms. The van der Waals surface area contributed by atoms with E-state index in [9.17, 15) is 4.79 Å². The van der Waals surface area contributed by atoms with Crippen molar-refractivity contribution in [3.63, 3.8) is 0 Å². The molecule has 0 saturated heterocycles. The van der Waals surface area contributed by atoms with Gasteiger partial charge in [0.05, 0.1) is 6.07 Å². The normalized spacial score (nSPS) is 12.9. The minimum Gasteiger partial charge on any atom is -0.492 e. The average molecular weight is 211 g/mol. The Labute approximate surface area is 89.0 Å². The van der Waals surface area contributed by atoms with E-state index in [1.165, 1.54) is 6.07 Å². The van der Waals surface area contributed by atoms with E-state index in [1.54, 1.807) is 13.0 Å². The summed E-state index contributed by atoms with van der Waals surface area (Å²) >= 11 is 0. The van der Waals surface area contributed by atoms with Crippen molar-refractivity contribution in [1.29, 1.82) is 0 Å². The van der Waals surface area contributed by atoms with Crippen LogP contribution in [-0.2, 0) is 0 Å². The van der Waals surface area contributed by atoms with Gasteiger partial charge in [-0.1, -0.05) is 13.8 Å². The molecular weight excluding hydrogens is 194 g/mol. The second-order valence-corrected chi connectivity index (χ2v) is 3.94. The summed E-state index contributed by atoms with van der Waals surface area (Å²) in [4.78, 5) is 11.0. The lowest BCUT2D eigenvalue weighted by Gasteiger charge is -2.16. The molecule has 0 amide bonds. The lowest BCUT2D eigenvalue weighted by Crippen LogP contribution is -2.33. The molecule has 1 heterocycles. The van der Waals surface area contributed by atoms with E-state index >= 15 is 0 Å². The summed E-state index contributed by atoms with van der Waals surface area (Å²) in [5, 5.41) is 0. The predicted molar refractivity (Wildman–Crippen MR) is 58.0 cm³/mol. The maximum atomic E-state index is 11.0. The molecule has 2 N–H and O–H groups in total. The standard InChI is InChI=1S/C11H17NO3/c1-7(2)10(12)6-14-9-4-8(3)15-11(13)5-9/h4-5,7,10H,6,12H2,1-3H3.